The van der Waals surface area contributed by atoms with E-state index in [1.807, 2.05) is 13.8 Å². The lowest BCUT2D eigenvalue weighted by Crippen LogP contribution is -2.47. The van der Waals surface area contributed by atoms with Gasteiger partial charge in [0.2, 0.25) is 5.91 Å². The number of carbonyl (C=O) groups excluding carboxylic acids is 4. The molecule has 7 nitrogen and oxygen atoms in total. The summed E-state index contributed by atoms with van der Waals surface area (Å²) in [5, 5.41) is 2.76. The standard InChI is InChI=1S/C23H25N3O4/c1-4-19(26-22(29)15-11-7-8-12-16(15)23(26)30)20(27)24-18-14-10-9-13-17(18)21(28)25(5-2)6-3/h7-14,19H,4-6H2,1-3H3,(H,24,27)/t19-/m0/s1. The monoisotopic (exact) mass is 407 g/mol. The second-order valence-electron chi connectivity index (χ2n) is 6.96. The Kier molecular flexibility index (Phi) is 6.30. The molecule has 0 fully saturated rings. The third-order valence-electron chi connectivity index (χ3n) is 5.29. The highest BCUT2D eigenvalue weighted by atomic mass is 16.2. The first-order chi connectivity index (χ1) is 14.4. The van der Waals surface area contributed by atoms with Gasteiger partial charge in [-0.05, 0) is 44.5 Å². The van der Waals surface area contributed by atoms with E-state index >= 15 is 0 Å². The number of hydrogen-bond donors (Lipinski definition) is 1. The number of rotatable bonds is 7. The molecule has 30 heavy (non-hydrogen) atoms. The number of benzene rings is 2. The third-order valence-corrected chi connectivity index (χ3v) is 5.29. The zero-order chi connectivity index (χ0) is 21.8. The average Bonchev–Trinajstić information content (AvgIpc) is 3.01. The maximum atomic E-state index is 13.1. The summed E-state index contributed by atoms with van der Waals surface area (Å²) in [5.74, 6) is -1.66. The van der Waals surface area contributed by atoms with Crippen LogP contribution in [0.25, 0.3) is 0 Å². The Labute approximate surface area is 175 Å². The molecule has 0 aromatic heterocycles. The Balaban J connectivity index is 1.87. The highest BCUT2D eigenvalue weighted by Crippen LogP contribution is 2.26. The number of fused-ring (bicyclic) bond motifs is 1. The molecule has 1 atom stereocenters. The van der Waals surface area contributed by atoms with Crippen molar-refractivity contribution in [2.75, 3.05) is 18.4 Å². The van der Waals surface area contributed by atoms with Gasteiger partial charge in [0.25, 0.3) is 17.7 Å². The summed E-state index contributed by atoms with van der Waals surface area (Å²) in [5.41, 5.74) is 1.32. The Morgan fingerprint density at radius 2 is 1.43 bits per heavy atom. The molecule has 2 aromatic rings. The largest absolute Gasteiger partial charge is 0.339 e. The fraction of sp³-hybridized carbons (Fsp3) is 0.304. The predicted octanol–water partition coefficient (Wildman–Crippen LogP) is 3.18. The van der Waals surface area contributed by atoms with Gasteiger partial charge in [-0.2, -0.15) is 0 Å². The van der Waals surface area contributed by atoms with Gasteiger partial charge in [-0.3, -0.25) is 24.1 Å². The van der Waals surface area contributed by atoms with Gasteiger partial charge in [-0.15, -0.1) is 0 Å². The molecule has 0 unspecified atom stereocenters. The number of carbonyl (C=O) groups is 4. The van der Waals surface area contributed by atoms with E-state index in [4.69, 9.17) is 0 Å². The summed E-state index contributed by atoms with van der Waals surface area (Å²) in [4.78, 5) is 54.1. The van der Waals surface area contributed by atoms with E-state index in [1.165, 1.54) is 0 Å². The quantitative estimate of drug-likeness (QED) is 0.714. The van der Waals surface area contributed by atoms with E-state index in [0.29, 0.717) is 35.5 Å². The minimum absolute atomic E-state index is 0.190. The van der Waals surface area contributed by atoms with Crippen molar-refractivity contribution in [1.29, 1.82) is 0 Å². The van der Waals surface area contributed by atoms with Crippen LogP contribution in [0, 0.1) is 0 Å². The van der Waals surface area contributed by atoms with Crippen LogP contribution in [0.5, 0.6) is 0 Å². The average molecular weight is 407 g/mol. The Morgan fingerprint density at radius 1 is 0.900 bits per heavy atom. The van der Waals surface area contributed by atoms with Crippen LogP contribution in [0.15, 0.2) is 48.5 Å². The summed E-state index contributed by atoms with van der Waals surface area (Å²) in [6.45, 7) is 6.60. The number of amides is 4. The van der Waals surface area contributed by atoms with E-state index in [-0.39, 0.29) is 12.3 Å². The Morgan fingerprint density at radius 3 is 1.97 bits per heavy atom. The third kappa shape index (κ3) is 3.70. The lowest BCUT2D eigenvalue weighted by Gasteiger charge is -2.25. The first-order valence-electron chi connectivity index (χ1n) is 10.1. The van der Waals surface area contributed by atoms with Gasteiger partial charge < -0.3 is 10.2 Å². The van der Waals surface area contributed by atoms with Gasteiger partial charge in [0.15, 0.2) is 0 Å². The lowest BCUT2D eigenvalue weighted by molar-refractivity contribution is -0.120. The first kappa shape index (κ1) is 21.2. The van der Waals surface area contributed by atoms with Gasteiger partial charge in [0.05, 0.1) is 22.4 Å². The molecule has 4 amide bonds. The topological polar surface area (TPSA) is 86.8 Å². The summed E-state index contributed by atoms with van der Waals surface area (Å²) in [7, 11) is 0. The van der Waals surface area contributed by atoms with E-state index in [9.17, 15) is 19.2 Å². The van der Waals surface area contributed by atoms with Gasteiger partial charge in [-0.1, -0.05) is 31.2 Å². The van der Waals surface area contributed by atoms with Crippen molar-refractivity contribution in [3.8, 4) is 0 Å². The molecule has 0 aliphatic carbocycles. The molecule has 7 heteroatoms. The molecule has 1 aliphatic rings. The minimum Gasteiger partial charge on any atom is -0.339 e. The molecule has 1 heterocycles. The van der Waals surface area contributed by atoms with Crippen LogP contribution in [0.3, 0.4) is 0 Å². The van der Waals surface area contributed by atoms with Crippen molar-refractivity contribution in [3.63, 3.8) is 0 Å². The minimum atomic E-state index is -0.978. The highest BCUT2D eigenvalue weighted by molar-refractivity contribution is 6.23. The molecule has 0 spiro atoms. The fourth-order valence-corrected chi connectivity index (χ4v) is 3.65. The zero-order valence-corrected chi connectivity index (χ0v) is 17.3. The number of nitrogens with zero attached hydrogens (tertiary/aromatic N) is 2. The Bertz CT molecular complexity index is 962. The van der Waals surface area contributed by atoms with Crippen molar-refractivity contribution >= 4 is 29.3 Å². The lowest BCUT2D eigenvalue weighted by atomic mass is 10.1. The van der Waals surface area contributed by atoms with Gasteiger partial charge >= 0.3 is 0 Å². The van der Waals surface area contributed by atoms with Crippen LogP contribution in [-0.2, 0) is 4.79 Å². The van der Waals surface area contributed by atoms with Crippen LogP contribution in [0.4, 0.5) is 5.69 Å². The SMILES string of the molecule is CC[C@@H](C(=O)Nc1ccccc1C(=O)N(CC)CC)N1C(=O)c2ccccc2C1=O. The van der Waals surface area contributed by atoms with Crippen molar-refractivity contribution < 1.29 is 19.2 Å². The first-order valence-corrected chi connectivity index (χ1v) is 10.1. The molecule has 1 aliphatic heterocycles. The number of anilines is 1. The molecule has 2 aromatic carbocycles. The number of nitrogens with one attached hydrogen (secondary N) is 1. The molecular weight excluding hydrogens is 382 g/mol. The molecule has 1 N–H and O–H groups in total. The van der Waals surface area contributed by atoms with Crippen LogP contribution in [-0.4, -0.2) is 52.6 Å². The number of para-hydroxylation sites is 1. The maximum Gasteiger partial charge on any atom is 0.262 e. The summed E-state index contributed by atoms with van der Waals surface area (Å²) in [6.07, 6.45) is 0.253. The predicted molar refractivity (Wildman–Crippen MR) is 113 cm³/mol. The summed E-state index contributed by atoms with van der Waals surface area (Å²) < 4.78 is 0. The maximum absolute atomic E-state index is 13.1. The van der Waals surface area contributed by atoms with Gasteiger partial charge in [0.1, 0.15) is 6.04 Å². The normalized spacial score (nSPS) is 13.8. The van der Waals surface area contributed by atoms with E-state index < -0.39 is 23.8 Å². The second kappa shape index (κ2) is 8.90. The van der Waals surface area contributed by atoms with Gasteiger partial charge in [-0.25, -0.2) is 0 Å². The molecule has 0 radical (unpaired) electrons. The fourth-order valence-electron chi connectivity index (χ4n) is 3.65. The summed E-state index contributed by atoms with van der Waals surface area (Å²) >= 11 is 0. The van der Waals surface area contributed by atoms with Crippen LogP contribution < -0.4 is 5.32 Å². The summed E-state index contributed by atoms with van der Waals surface area (Å²) in [6, 6.07) is 12.3. The number of imide groups is 1. The van der Waals surface area contributed by atoms with Crippen LogP contribution in [0.2, 0.25) is 0 Å². The molecule has 3 rings (SSSR count). The van der Waals surface area contributed by atoms with Gasteiger partial charge in [0, 0.05) is 13.1 Å². The van der Waals surface area contributed by atoms with Crippen LogP contribution >= 0.6 is 0 Å². The number of hydrogen-bond acceptors (Lipinski definition) is 4. The van der Waals surface area contributed by atoms with E-state index in [2.05, 4.69) is 5.32 Å². The molecular formula is C23H25N3O4. The van der Waals surface area contributed by atoms with Crippen LogP contribution in [0.1, 0.15) is 58.3 Å². The van der Waals surface area contributed by atoms with Crippen molar-refractivity contribution in [1.82, 2.24) is 9.80 Å². The molecule has 0 saturated carbocycles. The van der Waals surface area contributed by atoms with E-state index in [0.717, 1.165) is 4.90 Å². The Hall–Kier alpha value is -3.48. The van der Waals surface area contributed by atoms with E-state index in [1.54, 1.807) is 60.4 Å². The molecule has 0 bridgehead atoms. The van der Waals surface area contributed by atoms with Crippen molar-refractivity contribution in [3.05, 3.63) is 65.2 Å². The molecule has 156 valence electrons. The molecule has 0 saturated heterocycles. The smallest absolute Gasteiger partial charge is 0.262 e. The zero-order valence-electron chi connectivity index (χ0n) is 17.3. The second-order valence-corrected chi connectivity index (χ2v) is 6.96. The van der Waals surface area contributed by atoms with Crippen molar-refractivity contribution in [2.45, 2.75) is 33.2 Å². The van der Waals surface area contributed by atoms with Crippen molar-refractivity contribution in [2.24, 2.45) is 0 Å². The highest BCUT2D eigenvalue weighted by Gasteiger charge is 2.42.